The topological polar surface area (TPSA) is 64.3 Å². The molecule has 0 fully saturated rings. The number of aliphatic hydroxyl groups is 1. The van der Waals surface area contributed by atoms with Gasteiger partial charge in [0.15, 0.2) is 0 Å². The third-order valence-corrected chi connectivity index (χ3v) is 4.59. The molecule has 7 heteroatoms. The molecule has 0 saturated carbocycles. The van der Waals surface area contributed by atoms with E-state index in [0.717, 1.165) is 16.9 Å². The molecule has 1 N–H and O–H groups in total. The molecule has 1 heterocycles. The number of benzene rings is 2. The summed E-state index contributed by atoms with van der Waals surface area (Å²) in [5.41, 5.74) is 2.06. The molecule has 136 valence electrons. The number of ether oxygens (including phenoxy) is 1. The van der Waals surface area contributed by atoms with Gasteiger partial charge >= 0.3 is 0 Å². The fourth-order valence-corrected chi connectivity index (χ4v) is 3.35. The molecule has 2 aromatic carbocycles. The monoisotopic (exact) mass is 392 g/mol. The van der Waals surface area contributed by atoms with Gasteiger partial charge in [0.2, 0.25) is 0 Å². The van der Waals surface area contributed by atoms with E-state index in [1.807, 2.05) is 32.0 Å². The molecule has 0 amide bonds. The largest absolute Gasteiger partial charge is 0.490 e. The molecule has 0 aliphatic rings. The number of halogens is 2. The first-order valence-corrected chi connectivity index (χ1v) is 8.83. The molecular formula is C19H18Cl2N2O3. The van der Waals surface area contributed by atoms with Crippen molar-refractivity contribution >= 4 is 34.1 Å². The number of nitrogens with zero attached hydrogens (tertiary/aromatic N) is 2. The average Bonchev–Trinajstić information content (AvgIpc) is 2.57. The molecule has 0 spiro atoms. The molecule has 1 atom stereocenters. The van der Waals surface area contributed by atoms with Crippen LogP contribution in [0.4, 0.5) is 0 Å². The minimum atomic E-state index is -0.874. The van der Waals surface area contributed by atoms with E-state index >= 15 is 0 Å². The summed E-state index contributed by atoms with van der Waals surface area (Å²) in [5.74, 6) is 0.745. The number of hydrogen-bond acceptors (Lipinski definition) is 4. The molecule has 3 aromatic rings. The van der Waals surface area contributed by atoms with Crippen LogP contribution >= 0.6 is 23.2 Å². The first-order chi connectivity index (χ1) is 12.4. The van der Waals surface area contributed by atoms with Gasteiger partial charge in [-0.2, -0.15) is 0 Å². The second kappa shape index (κ2) is 7.66. The molecule has 1 aromatic heterocycles. The van der Waals surface area contributed by atoms with E-state index in [4.69, 9.17) is 27.9 Å². The lowest BCUT2D eigenvalue weighted by atomic mass is 10.1. The van der Waals surface area contributed by atoms with Crippen molar-refractivity contribution in [3.63, 3.8) is 0 Å². The van der Waals surface area contributed by atoms with Crippen LogP contribution in [0.2, 0.25) is 10.0 Å². The molecule has 0 bridgehead atoms. The SMILES string of the molecule is Cc1cccc(C)c1OC[C@@H](O)Cn1cnc2c(Cl)cc(Cl)cc2c1=O. The Hall–Kier alpha value is -2.08. The summed E-state index contributed by atoms with van der Waals surface area (Å²) in [5, 5.41) is 11.3. The van der Waals surface area contributed by atoms with Crippen LogP contribution in [0.25, 0.3) is 10.9 Å². The van der Waals surface area contributed by atoms with E-state index in [1.54, 1.807) is 0 Å². The number of fused-ring (bicyclic) bond motifs is 1. The standard InChI is InChI=1S/C19H18Cl2N2O3/c1-11-4-3-5-12(2)18(11)26-9-14(24)8-23-10-22-17-15(19(23)25)6-13(20)7-16(17)21/h3-7,10,14,24H,8-9H2,1-2H3/t14-/m0/s1. The van der Waals surface area contributed by atoms with Crippen LogP contribution in [0.15, 0.2) is 41.5 Å². The highest BCUT2D eigenvalue weighted by Crippen LogP contribution is 2.24. The van der Waals surface area contributed by atoms with Crippen molar-refractivity contribution in [1.29, 1.82) is 0 Å². The molecule has 5 nitrogen and oxygen atoms in total. The van der Waals surface area contributed by atoms with Gasteiger partial charge in [0, 0.05) is 5.02 Å². The van der Waals surface area contributed by atoms with Gasteiger partial charge in [-0.25, -0.2) is 4.98 Å². The van der Waals surface area contributed by atoms with E-state index < -0.39 is 6.10 Å². The van der Waals surface area contributed by atoms with Crippen molar-refractivity contribution in [1.82, 2.24) is 9.55 Å². The number of rotatable bonds is 5. The highest BCUT2D eigenvalue weighted by atomic mass is 35.5. The summed E-state index contributed by atoms with van der Waals surface area (Å²) in [4.78, 5) is 16.8. The van der Waals surface area contributed by atoms with Crippen LogP contribution in [-0.4, -0.2) is 27.4 Å². The summed E-state index contributed by atoms with van der Waals surface area (Å²) < 4.78 is 7.07. The fraction of sp³-hybridized carbons (Fsp3) is 0.263. The Morgan fingerprint density at radius 1 is 1.23 bits per heavy atom. The molecule has 0 radical (unpaired) electrons. The lowest BCUT2D eigenvalue weighted by Gasteiger charge is -2.16. The van der Waals surface area contributed by atoms with Gasteiger partial charge in [0.1, 0.15) is 18.5 Å². The highest BCUT2D eigenvalue weighted by molar-refractivity contribution is 6.38. The summed E-state index contributed by atoms with van der Waals surface area (Å²) in [6.07, 6.45) is 0.493. The molecule has 3 rings (SSSR count). The molecule has 0 aliphatic carbocycles. The third kappa shape index (κ3) is 3.85. The van der Waals surface area contributed by atoms with Crippen LogP contribution in [0.5, 0.6) is 5.75 Å². The highest BCUT2D eigenvalue weighted by Gasteiger charge is 2.13. The number of aliphatic hydroxyl groups excluding tert-OH is 1. The molecular weight excluding hydrogens is 375 g/mol. The van der Waals surface area contributed by atoms with Crippen molar-refractivity contribution in [2.45, 2.75) is 26.5 Å². The first-order valence-electron chi connectivity index (χ1n) is 8.08. The predicted molar refractivity (Wildman–Crippen MR) is 103 cm³/mol. The fourth-order valence-electron chi connectivity index (χ4n) is 2.81. The maximum absolute atomic E-state index is 12.6. The second-order valence-corrected chi connectivity index (χ2v) is 7.02. The zero-order valence-corrected chi connectivity index (χ0v) is 15.9. The van der Waals surface area contributed by atoms with Gasteiger partial charge in [-0.1, -0.05) is 41.4 Å². The number of aryl methyl sites for hydroxylation is 2. The Bertz CT molecular complexity index is 997. The predicted octanol–water partition coefficient (Wildman–Crippen LogP) is 3.76. The van der Waals surface area contributed by atoms with Crippen molar-refractivity contribution < 1.29 is 9.84 Å². The minimum Gasteiger partial charge on any atom is -0.490 e. The minimum absolute atomic E-state index is 0.0524. The van der Waals surface area contributed by atoms with Crippen molar-refractivity contribution in [2.75, 3.05) is 6.61 Å². The Kier molecular flexibility index (Phi) is 5.51. The van der Waals surface area contributed by atoms with Crippen LogP contribution < -0.4 is 10.3 Å². The zero-order valence-electron chi connectivity index (χ0n) is 14.4. The number of aromatic nitrogens is 2. The van der Waals surface area contributed by atoms with Crippen molar-refractivity contribution in [3.05, 3.63) is 68.2 Å². The van der Waals surface area contributed by atoms with E-state index in [9.17, 15) is 9.90 Å². The zero-order chi connectivity index (χ0) is 18.8. The van der Waals surface area contributed by atoms with Crippen LogP contribution in [0.3, 0.4) is 0 Å². The Morgan fingerprint density at radius 3 is 2.62 bits per heavy atom. The molecule has 26 heavy (non-hydrogen) atoms. The number of hydrogen-bond donors (Lipinski definition) is 1. The summed E-state index contributed by atoms with van der Waals surface area (Å²) in [7, 11) is 0. The average molecular weight is 393 g/mol. The van der Waals surface area contributed by atoms with E-state index in [0.29, 0.717) is 20.9 Å². The summed E-state index contributed by atoms with van der Waals surface area (Å²) in [6, 6.07) is 8.90. The van der Waals surface area contributed by atoms with Gasteiger partial charge in [-0.3, -0.25) is 9.36 Å². The Morgan fingerprint density at radius 2 is 1.92 bits per heavy atom. The van der Waals surface area contributed by atoms with Gasteiger partial charge in [-0.05, 0) is 37.1 Å². The first kappa shape index (κ1) is 18.7. The van der Waals surface area contributed by atoms with E-state index in [1.165, 1.54) is 23.0 Å². The maximum Gasteiger partial charge on any atom is 0.261 e. The quantitative estimate of drug-likeness (QED) is 0.717. The normalized spacial score (nSPS) is 12.3. The Balaban J connectivity index is 1.78. The van der Waals surface area contributed by atoms with Crippen LogP contribution in [0.1, 0.15) is 11.1 Å². The molecule has 0 saturated heterocycles. The van der Waals surface area contributed by atoms with Gasteiger partial charge in [0.05, 0.1) is 28.8 Å². The number of para-hydroxylation sites is 1. The smallest absolute Gasteiger partial charge is 0.261 e. The molecule has 0 unspecified atom stereocenters. The lowest BCUT2D eigenvalue weighted by molar-refractivity contribution is 0.0908. The van der Waals surface area contributed by atoms with Crippen LogP contribution in [0, 0.1) is 13.8 Å². The summed E-state index contributed by atoms with van der Waals surface area (Å²) >= 11 is 12.0. The van der Waals surface area contributed by atoms with Gasteiger partial charge in [-0.15, -0.1) is 0 Å². The van der Waals surface area contributed by atoms with Crippen molar-refractivity contribution in [2.24, 2.45) is 0 Å². The van der Waals surface area contributed by atoms with E-state index in [2.05, 4.69) is 4.98 Å². The van der Waals surface area contributed by atoms with Gasteiger partial charge < -0.3 is 9.84 Å². The summed E-state index contributed by atoms with van der Waals surface area (Å²) in [6.45, 7) is 4.00. The Labute approximate surface area is 160 Å². The maximum atomic E-state index is 12.6. The second-order valence-electron chi connectivity index (χ2n) is 6.17. The van der Waals surface area contributed by atoms with E-state index in [-0.39, 0.29) is 18.7 Å². The third-order valence-electron chi connectivity index (χ3n) is 4.08. The van der Waals surface area contributed by atoms with Crippen molar-refractivity contribution in [3.8, 4) is 5.75 Å². The van der Waals surface area contributed by atoms with Gasteiger partial charge in [0.25, 0.3) is 5.56 Å². The molecule has 0 aliphatic heterocycles. The lowest BCUT2D eigenvalue weighted by Crippen LogP contribution is -2.30. The van der Waals surface area contributed by atoms with Crippen LogP contribution in [-0.2, 0) is 6.54 Å².